The highest BCUT2D eigenvalue weighted by molar-refractivity contribution is 9.10. The predicted molar refractivity (Wildman–Crippen MR) is 95.0 cm³/mol. The fourth-order valence-electron chi connectivity index (χ4n) is 2.54. The van der Waals surface area contributed by atoms with Gasteiger partial charge < -0.3 is 9.73 Å². The number of nitrogens with zero attached hydrogens (tertiary/aromatic N) is 2. The summed E-state index contributed by atoms with van der Waals surface area (Å²) < 4.78 is 21.7. The van der Waals surface area contributed by atoms with E-state index in [4.69, 9.17) is 4.42 Å². The molecule has 6 heteroatoms. The lowest BCUT2D eigenvalue weighted by atomic mass is 10.3. The molecule has 3 aromatic heterocycles. The van der Waals surface area contributed by atoms with Crippen molar-refractivity contribution in [3.63, 3.8) is 0 Å². The zero-order valence-corrected chi connectivity index (χ0v) is 14.3. The fourth-order valence-corrected chi connectivity index (χ4v) is 2.88. The number of aromatic nitrogens is 2. The van der Waals surface area contributed by atoms with Crippen molar-refractivity contribution >= 4 is 33.1 Å². The van der Waals surface area contributed by atoms with Crippen LogP contribution in [0.25, 0.3) is 17.1 Å². The molecule has 0 aliphatic carbocycles. The summed E-state index contributed by atoms with van der Waals surface area (Å²) >= 11 is 3.48. The van der Waals surface area contributed by atoms with Gasteiger partial charge in [-0.05, 0) is 71.4 Å². The maximum atomic E-state index is 13.2. The molecule has 1 aromatic carbocycles. The van der Waals surface area contributed by atoms with Gasteiger partial charge in [0.25, 0.3) is 0 Å². The predicted octanol–water partition coefficient (Wildman–Crippen LogP) is 5.55. The number of benzene rings is 1. The van der Waals surface area contributed by atoms with E-state index < -0.39 is 0 Å². The SMILES string of the molecule is Cc1ccc(-c2nc3ccc(Br)cn3c2Nc2ccc(F)cc2)o1. The molecule has 3 heterocycles. The Labute approximate surface area is 146 Å². The maximum absolute atomic E-state index is 13.2. The number of imidazole rings is 1. The van der Waals surface area contributed by atoms with Crippen molar-refractivity contribution in [3.05, 3.63) is 70.8 Å². The molecular formula is C18H13BrFN3O. The summed E-state index contributed by atoms with van der Waals surface area (Å²) in [5.41, 5.74) is 2.25. The molecule has 0 bridgehead atoms. The van der Waals surface area contributed by atoms with E-state index in [0.29, 0.717) is 11.5 Å². The van der Waals surface area contributed by atoms with Crippen molar-refractivity contribution in [2.24, 2.45) is 0 Å². The molecule has 0 saturated heterocycles. The molecule has 0 spiro atoms. The molecule has 0 aliphatic rings. The van der Waals surface area contributed by atoms with Crippen molar-refractivity contribution in [1.29, 1.82) is 0 Å². The molecule has 4 nitrogen and oxygen atoms in total. The van der Waals surface area contributed by atoms with Crippen molar-refractivity contribution in [2.45, 2.75) is 6.92 Å². The Morgan fingerprint density at radius 2 is 1.88 bits per heavy atom. The topological polar surface area (TPSA) is 42.5 Å². The third kappa shape index (κ3) is 2.69. The summed E-state index contributed by atoms with van der Waals surface area (Å²) in [5, 5.41) is 3.31. The lowest BCUT2D eigenvalue weighted by Crippen LogP contribution is -1.97. The van der Waals surface area contributed by atoms with E-state index in [1.54, 1.807) is 12.1 Å². The van der Waals surface area contributed by atoms with Crippen LogP contribution in [0.2, 0.25) is 0 Å². The molecule has 0 saturated carbocycles. The molecule has 0 radical (unpaired) electrons. The largest absolute Gasteiger partial charge is 0.460 e. The number of rotatable bonds is 3. The van der Waals surface area contributed by atoms with Gasteiger partial charge in [0.1, 0.15) is 28.7 Å². The average molecular weight is 386 g/mol. The highest BCUT2D eigenvalue weighted by atomic mass is 79.9. The van der Waals surface area contributed by atoms with Crippen LogP contribution < -0.4 is 5.32 Å². The van der Waals surface area contributed by atoms with Crippen molar-refractivity contribution in [2.75, 3.05) is 5.32 Å². The number of nitrogens with one attached hydrogen (secondary N) is 1. The Morgan fingerprint density at radius 3 is 2.58 bits per heavy atom. The van der Waals surface area contributed by atoms with Gasteiger partial charge in [-0.15, -0.1) is 0 Å². The standard InChI is InChI=1S/C18H13BrFN3O/c1-11-2-8-15(24-11)17-18(21-14-6-4-13(20)5-7-14)23-10-12(19)3-9-16(23)22-17/h2-10,21H,1H3. The van der Waals surface area contributed by atoms with Crippen LogP contribution in [0.15, 0.2) is 63.6 Å². The Balaban J connectivity index is 1.89. The van der Waals surface area contributed by atoms with Crippen LogP contribution >= 0.6 is 15.9 Å². The number of hydrogen-bond donors (Lipinski definition) is 1. The summed E-state index contributed by atoms with van der Waals surface area (Å²) in [4.78, 5) is 4.66. The van der Waals surface area contributed by atoms with E-state index in [1.807, 2.05) is 41.8 Å². The highest BCUT2D eigenvalue weighted by Gasteiger charge is 2.17. The van der Waals surface area contributed by atoms with Gasteiger partial charge in [-0.3, -0.25) is 4.40 Å². The Morgan fingerprint density at radius 1 is 1.08 bits per heavy atom. The Hall–Kier alpha value is -2.60. The lowest BCUT2D eigenvalue weighted by Gasteiger charge is -2.08. The van der Waals surface area contributed by atoms with Gasteiger partial charge in [-0.2, -0.15) is 0 Å². The minimum absolute atomic E-state index is 0.275. The second kappa shape index (κ2) is 5.79. The summed E-state index contributed by atoms with van der Waals surface area (Å²) in [6, 6.07) is 13.8. The Kier molecular flexibility index (Phi) is 3.61. The van der Waals surface area contributed by atoms with Crippen LogP contribution in [-0.4, -0.2) is 9.38 Å². The zero-order chi connectivity index (χ0) is 16.7. The first-order chi connectivity index (χ1) is 11.6. The normalized spacial score (nSPS) is 11.1. The third-order valence-electron chi connectivity index (χ3n) is 3.66. The second-order valence-electron chi connectivity index (χ2n) is 5.43. The van der Waals surface area contributed by atoms with E-state index in [2.05, 4.69) is 26.2 Å². The van der Waals surface area contributed by atoms with E-state index in [-0.39, 0.29) is 5.82 Å². The number of fused-ring (bicyclic) bond motifs is 1. The van der Waals surface area contributed by atoms with Gasteiger partial charge in [-0.1, -0.05) is 0 Å². The number of aryl methyl sites for hydroxylation is 1. The first-order valence-electron chi connectivity index (χ1n) is 7.37. The van der Waals surface area contributed by atoms with Crippen LogP contribution in [0.4, 0.5) is 15.9 Å². The summed E-state index contributed by atoms with van der Waals surface area (Å²) in [6.45, 7) is 1.89. The second-order valence-corrected chi connectivity index (χ2v) is 6.34. The molecule has 120 valence electrons. The third-order valence-corrected chi connectivity index (χ3v) is 4.13. The number of halogens is 2. The molecule has 0 fully saturated rings. The number of hydrogen-bond acceptors (Lipinski definition) is 3. The van der Waals surface area contributed by atoms with Crippen molar-refractivity contribution in [1.82, 2.24) is 9.38 Å². The van der Waals surface area contributed by atoms with Crippen LogP contribution in [-0.2, 0) is 0 Å². The Bertz CT molecular complexity index is 1020. The molecule has 4 rings (SSSR count). The van der Waals surface area contributed by atoms with Gasteiger partial charge in [0.2, 0.25) is 0 Å². The quantitative estimate of drug-likeness (QED) is 0.502. The van der Waals surface area contributed by atoms with E-state index >= 15 is 0 Å². The van der Waals surface area contributed by atoms with Gasteiger partial charge >= 0.3 is 0 Å². The first-order valence-corrected chi connectivity index (χ1v) is 8.16. The average Bonchev–Trinajstić information content (AvgIpc) is 3.14. The van der Waals surface area contributed by atoms with Gasteiger partial charge in [0.05, 0.1) is 0 Å². The molecule has 1 N–H and O–H groups in total. The van der Waals surface area contributed by atoms with Crippen molar-refractivity contribution < 1.29 is 8.81 Å². The number of furan rings is 1. The van der Waals surface area contributed by atoms with Gasteiger partial charge in [0.15, 0.2) is 5.76 Å². The monoisotopic (exact) mass is 385 g/mol. The summed E-state index contributed by atoms with van der Waals surface area (Å²) in [7, 11) is 0. The molecule has 24 heavy (non-hydrogen) atoms. The summed E-state index contributed by atoms with van der Waals surface area (Å²) in [5.74, 6) is 1.98. The fraction of sp³-hybridized carbons (Fsp3) is 0.0556. The van der Waals surface area contributed by atoms with Crippen molar-refractivity contribution in [3.8, 4) is 11.5 Å². The van der Waals surface area contributed by atoms with Crippen LogP contribution in [0, 0.1) is 12.7 Å². The molecule has 0 aliphatic heterocycles. The molecule has 0 unspecified atom stereocenters. The minimum Gasteiger partial charge on any atom is -0.460 e. The molecular weight excluding hydrogens is 373 g/mol. The van der Waals surface area contributed by atoms with Gasteiger partial charge in [0, 0.05) is 16.4 Å². The van der Waals surface area contributed by atoms with Crippen LogP contribution in [0.5, 0.6) is 0 Å². The molecule has 4 aromatic rings. The summed E-state index contributed by atoms with van der Waals surface area (Å²) in [6.07, 6.45) is 1.92. The number of pyridine rings is 1. The first kappa shape index (κ1) is 15.0. The smallest absolute Gasteiger partial charge is 0.156 e. The van der Waals surface area contributed by atoms with Gasteiger partial charge in [-0.25, -0.2) is 9.37 Å². The van der Waals surface area contributed by atoms with E-state index in [0.717, 1.165) is 27.4 Å². The zero-order valence-electron chi connectivity index (χ0n) is 12.8. The van der Waals surface area contributed by atoms with E-state index in [9.17, 15) is 4.39 Å². The minimum atomic E-state index is -0.275. The molecule has 0 atom stereocenters. The molecule has 0 amide bonds. The number of anilines is 2. The van der Waals surface area contributed by atoms with Crippen LogP contribution in [0.3, 0.4) is 0 Å². The van der Waals surface area contributed by atoms with Crippen LogP contribution in [0.1, 0.15) is 5.76 Å². The lowest BCUT2D eigenvalue weighted by molar-refractivity contribution is 0.547. The maximum Gasteiger partial charge on any atom is 0.156 e. The van der Waals surface area contributed by atoms with E-state index in [1.165, 1.54) is 12.1 Å². The highest BCUT2D eigenvalue weighted by Crippen LogP contribution is 2.33.